The maximum atomic E-state index is 12.3. The van der Waals surface area contributed by atoms with Crippen molar-refractivity contribution in [1.82, 2.24) is 15.0 Å². The van der Waals surface area contributed by atoms with Crippen LogP contribution in [0.3, 0.4) is 0 Å². The van der Waals surface area contributed by atoms with E-state index in [1.54, 1.807) is 0 Å². The van der Waals surface area contributed by atoms with E-state index in [2.05, 4.69) is 20.3 Å². The minimum atomic E-state index is -4.55. The molecule has 9 heteroatoms. The van der Waals surface area contributed by atoms with Crippen molar-refractivity contribution in [2.75, 3.05) is 5.32 Å². The van der Waals surface area contributed by atoms with Crippen LogP contribution in [0.25, 0.3) is 0 Å². The number of nitrogens with zero attached hydrogens (tertiary/aromatic N) is 3. The highest BCUT2D eigenvalue weighted by Crippen LogP contribution is 2.27. The summed E-state index contributed by atoms with van der Waals surface area (Å²) in [5.41, 5.74) is -1.13. The number of anilines is 1. The van der Waals surface area contributed by atoms with Gasteiger partial charge in [0.25, 0.3) is 5.91 Å². The van der Waals surface area contributed by atoms with Crippen LogP contribution in [0, 0.1) is 0 Å². The average Bonchev–Trinajstić information content (AvgIpc) is 2.38. The number of carbonyl (C=O) groups is 1. The zero-order valence-corrected chi connectivity index (χ0v) is 10.4. The number of halogens is 4. The highest BCUT2D eigenvalue weighted by atomic mass is 35.5. The number of pyridine rings is 1. The molecule has 0 atom stereocenters. The smallest absolute Gasteiger partial charge is 0.290 e. The van der Waals surface area contributed by atoms with Gasteiger partial charge in [0.05, 0.1) is 5.56 Å². The summed E-state index contributed by atoms with van der Waals surface area (Å²) >= 11 is 5.61. The average molecular weight is 303 g/mol. The number of hydrogen-bond acceptors (Lipinski definition) is 4. The van der Waals surface area contributed by atoms with Gasteiger partial charge in [-0.05, 0) is 18.2 Å². The van der Waals surface area contributed by atoms with Crippen molar-refractivity contribution in [2.24, 2.45) is 0 Å². The molecule has 104 valence electrons. The van der Waals surface area contributed by atoms with Gasteiger partial charge in [0, 0.05) is 12.4 Å². The molecule has 0 aliphatic carbocycles. The zero-order chi connectivity index (χ0) is 14.8. The third-order valence-corrected chi connectivity index (χ3v) is 2.37. The Morgan fingerprint density at radius 3 is 2.50 bits per heavy atom. The predicted molar refractivity (Wildman–Crippen MR) is 64.2 cm³/mol. The van der Waals surface area contributed by atoms with Gasteiger partial charge in [-0.2, -0.15) is 13.2 Å². The van der Waals surface area contributed by atoms with Crippen LogP contribution < -0.4 is 5.32 Å². The van der Waals surface area contributed by atoms with Gasteiger partial charge in [0.15, 0.2) is 0 Å². The molecular weight excluding hydrogens is 297 g/mol. The van der Waals surface area contributed by atoms with E-state index in [0.29, 0.717) is 6.07 Å². The molecule has 0 aliphatic heterocycles. The number of carbonyl (C=O) groups excluding carboxylic acids is 1. The first-order chi connectivity index (χ1) is 9.36. The second-order valence-corrected chi connectivity index (χ2v) is 3.97. The first-order valence-electron chi connectivity index (χ1n) is 5.19. The molecule has 1 N–H and O–H groups in total. The number of alkyl halides is 3. The molecule has 0 unspecified atom stereocenters. The minimum absolute atomic E-state index is 0.0533. The van der Waals surface area contributed by atoms with Crippen molar-refractivity contribution in [1.29, 1.82) is 0 Å². The number of hydrogen-bond donors (Lipinski definition) is 1. The number of aromatic nitrogens is 3. The van der Waals surface area contributed by atoms with Crippen molar-refractivity contribution < 1.29 is 18.0 Å². The zero-order valence-electron chi connectivity index (χ0n) is 9.65. The highest BCUT2D eigenvalue weighted by molar-refractivity contribution is 6.29. The molecule has 2 heterocycles. The van der Waals surface area contributed by atoms with E-state index in [1.165, 1.54) is 12.3 Å². The Morgan fingerprint density at radius 2 is 1.95 bits per heavy atom. The number of rotatable bonds is 2. The van der Waals surface area contributed by atoms with Crippen molar-refractivity contribution in [3.8, 4) is 0 Å². The van der Waals surface area contributed by atoms with E-state index < -0.39 is 17.8 Å². The fourth-order valence-electron chi connectivity index (χ4n) is 1.27. The summed E-state index contributed by atoms with van der Waals surface area (Å²) in [4.78, 5) is 22.4. The molecule has 0 fully saturated rings. The molecule has 0 saturated heterocycles. The Bertz CT molecular complexity index is 630. The number of nitrogens with one attached hydrogen (secondary N) is 1. The first-order valence-corrected chi connectivity index (χ1v) is 5.57. The molecule has 2 rings (SSSR count). The quantitative estimate of drug-likeness (QED) is 0.866. The lowest BCUT2D eigenvalue weighted by Gasteiger charge is -2.06. The molecule has 0 aliphatic rings. The Balaban J connectivity index is 2.14. The molecule has 2 aromatic heterocycles. The molecular formula is C11H6ClF3N4O. The third kappa shape index (κ3) is 3.41. The summed E-state index contributed by atoms with van der Waals surface area (Å²) in [6.07, 6.45) is -2.40. The highest BCUT2D eigenvalue weighted by Gasteiger charge is 2.32. The second kappa shape index (κ2) is 5.41. The van der Waals surface area contributed by atoms with Crippen LogP contribution in [0.1, 0.15) is 16.1 Å². The van der Waals surface area contributed by atoms with Crippen LogP contribution >= 0.6 is 11.6 Å². The molecule has 2 aromatic rings. The van der Waals surface area contributed by atoms with Crippen LogP contribution in [-0.2, 0) is 6.18 Å². The van der Waals surface area contributed by atoms with Gasteiger partial charge < -0.3 is 0 Å². The Kier molecular flexibility index (Phi) is 3.84. The van der Waals surface area contributed by atoms with E-state index in [0.717, 1.165) is 12.3 Å². The minimum Gasteiger partial charge on any atom is -0.290 e. The van der Waals surface area contributed by atoms with Crippen LogP contribution in [0.2, 0.25) is 5.15 Å². The van der Waals surface area contributed by atoms with E-state index in [4.69, 9.17) is 11.6 Å². The lowest BCUT2D eigenvalue weighted by atomic mass is 10.2. The molecule has 0 radical (unpaired) electrons. The van der Waals surface area contributed by atoms with Gasteiger partial charge in [-0.25, -0.2) is 9.97 Å². The molecule has 0 spiro atoms. The van der Waals surface area contributed by atoms with E-state index in [-0.39, 0.29) is 16.7 Å². The lowest BCUT2D eigenvalue weighted by Crippen LogP contribution is -2.15. The van der Waals surface area contributed by atoms with Gasteiger partial charge in [0.2, 0.25) is 5.95 Å². The van der Waals surface area contributed by atoms with E-state index in [9.17, 15) is 18.0 Å². The van der Waals surface area contributed by atoms with Crippen molar-refractivity contribution >= 4 is 23.5 Å². The predicted octanol–water partition coefficient (Wildman–Crippen LogP) is 2.80. The largest absolute Gasteiger partial charge is 0.433 e. The molecule has 5 nitrogen and oxygen atoms in total. The normalized spacial score (nSPS) is 11.2. The molecule has 1 amide bonds. The van der Waals surface area contributed by atoms with Crippen LogP contribution in [-0.4, -0.2) is 20.9 Å². The standard InChI is InChI=1S/C11H6ClF3N4O/c12-8-3-4-16-10(18-8)19-9(20)6-1-2-7(17-5-6)11(13,14)15/h1-5H,(H,16,18,19,20). The van der Waals surface area contributed by atoms with Gasteiger partial charge in [-0.1, -0.05) is 11.6 Å². The Labute approximate surface area is 115 Å². The molecule has 0 bridgehead atoms. The monoisotopic (exact) mass is 302 g/mol. The summed E-state index contributed by atoms with van der Waals surface area (Å²) in [5.74, 6) is -0.740. The van der Waals surface area contributed by atoms with Crippen molar-refractivity contribution in [3.63, 3.8) is 0 Å². The van der Waals surface area contributed by atoms with Crippen LogP contribution in [0.4, 0.5) is 19.1 Å². The van der Waals surface area contributed by atoms with Gasteiger partial charge >= 0.3 is 6.18 Å². The van der Waals surface area contributed by atoms with Gasteiger partial charge in [-0.3, -0.25) is 15.1 Å². The molecule has 20 heavy (non-hydrogen) atoms. The molecule has 0 saturated carbocycles. The maximum absolute atomic E-state index is 12.3. The van der Waals surface area contributed by atoms with Crippen molar-refractivity contribution in [3.05, 3.63) is 47.0 Å². The van der Waals surface area contributed by atoms with Crippen LogP contribution in [0.15, 0.2) is 30.6 Å². The maximum Gasteiger partial charge on any atom is 0.433 e. The fourth-order valence-corrected chi connectivity index (χ4v) is 1.40. The van der Waals surface area contributed by atoms with Crippen LogP contribution in [0.5, 0.6) is 0 Å². The Morgan fingerprint density at radius 1 is 1.20 bits per heavy atom. The van der Waals surface area contributed by atoms with Gasteiger partial charge in [0.1, 0.15) is 10.8 Å². The summed E-state index contributed by atoms with van der Waals surface area (Å²) < 4.78 is 36.9. The lowest BCUT2D eigenvalue weighted by molar-refractivity contribution is -0.141. The second-order valence-electron chi connectivity index (χ2n) is 3.59. The van der Waals surface area contributed by atoms with Gasteiger partial charge in [-0.15, -0.1) is 0 Å². The summed E-state index contributed by atoms with van der Waals surface area (Å²) in [6.45, 7) is 0. The third-order valence-electron chi connectivity index (χ3n) is 2.16. The SMILES string of the molecule is O=C(Nc1nccc(Cl)n1)c1ccc(C(F)(F)F)nc1. The van der Waals surface area contributed by atoms with E-state index >= 15 is 0 Å². The Hall–Kier alpha value is -2.22. The topological polar surface area (TPSA) is 67.8 Å². The summed E-state index contributed by atoms with van der Waals surface area (Å²) in [6, 6.07) is 3.14. The summed E-state index contributed by atoms with van der Waals surface area (Å²) in [7, 11) is 0. The summed E-state index contributed by atoms with van der Waals surface area (Å²) in [5, 5.41) is 2.42. The van der Waals surface area contributed by atoms with Crippen molar-refractivity contribution in [2.45, 2.75) is 6.18 Å². The molecule has 0 aromatic carbocycles. The van der Waals surface area contributed by atoms with E-state index in [1.807, 2.05) is 0 Å². The number of amides is 1. The first kappa shape index (κ1) is 14.2. The fraction of sp³-hybridized carbons (Fsp3) is 0.0909.